The van der Waals surface area contributed by atoms with Gasteiger partial charge in [-0.15, -0.1) is 0 Å². The molecular weight excluding hydrogens is 368 g/mol. The molecular formula is C22H24N4O3. The molecule has 3 rings (SSSR count). The number of aromatic amines is 1. The number of methoxy groups -OCH3 is 1. The fourth-order valence-corrected chi connectivity index (χ4v) is 2.84. The highest BCUT2D eigenvalue weighted by atomic mass is 16.5. The van der Waals surface area contributed by atoms with Crippen molar-refractivity contribution >= 4 is 22.8 Å². The number of amides is 2. The summed E-state index contributed by atoms with van der Waals surface area (Å²) in [5, 5.41) is 5.55. The zero-order valence-electron chi connectivity index (χ0n) is 16.7. The number of para-hydroxylation sites is 2. The SMILES string of the molecule is COc1ccc(C(=O)NC(C(=O)NCCc2nc3ccccc3[nH]2)=C(C)C)cc1. The number of carbonyl (C=O) groups is 2. The maximum absolute atomic E-state index is 12.6. The van der Waals surface area contributed by atoms with E-state index in [4.69, 9.17) is 4.74 Å². The lowest BCUT2D eigenvalue weighted by atomic mass is 10.1. The molecule has 2 aromatic carbocycles. The van der Waals surface area contributed by atoms with Crippen LogP contribution in [0.4, 0.5) is 0 Å². The van der Waals surface area contributed by atoms with Gasteiger partial charge in [0.05, 0.1) is 18.1 Å². The lowest BCUT2D eigenvalue weighted by Crippen LogP contribution is -2.36. The van der Waals surface area contributed by atoms with Crippen LogP contribution in [0.2, 0.25) is 0 Å². The Morgan fingerprint density at radius 3 is 2.45 bits per heavy atom. The summed E-state index contributed by atoms with van der Waals surface area (Å²) >= 11 is 0. The van der Waals surface area contributed by atoms with Crippen molar-refractivity contribution in [1.82, 2.24) is 20.6 Å². The molecule has 0 spiro atoms. The standard InChI is InChI=1S/C22H24N4O3/c1-14(2)20(26-21(27)15-8-10-16(29-3)11-9-15)22(28)23-13-12-19-24-17-6-4-5-7-18(17)25-19/h4-11H,12-13H2,1-3H3,(H,23,28)(H,24,25)(H,26,27). The molecule has 3 N–H and O–H groups in total. The van der Waals surface area contributed by atoms with Crippen molar-refractivity contribution in [3.8, 4) is 5.75 Å². The van der Waals surface area contributed by atoms with Gasteiger partial charge in [0.2, 0.25) is 0 Å². The first-order valence-corrected chi connectivity index (χ1v) is 9.32. The molecule has 7 nitrogen and oxygen atoms in total. The Morgan fingerprint density at radius 1 is 1.07 bits per heavy atom. The number of rotatable bonds is 7. The molecule has 0 aliphatic rings. The number of nitrogens with one attached hydrogen (secondary N) is 3. The first-order chi connectivity index (χ1) is 14.0. The zero-order chi connectivity index (χ0) is 20.8. The summed E-state index contributed by atoms with van der Waals surface area (Å²) in [5.74, 6) is 0.777. The van der Waals surface area contributed by atoms with Crippen molar-refractivity contribution in [1.29, 1.82) is 0 Å². The minimum absolute atomic E-state index is 0.246. The number of carbonyl (C=O) groups excluding carboxylic acids is 2. The lowest BCUT2D eigenvalue weighted by molar-refractivity contribution is -0.117. The van der Waals surface area contributed by atoms with Crippen LogP contribution in [0.25, 0.3) is 11.0 Å². The molecule has 0 saturated heterocycles. The molecule has 0 aliphatic heterocycles. The van der Waals surface area contributed by atoms with E-state index < -0.39 is 0 Å². The Morgan fingerprint density at radius 2 is 1.79 bits per heavy atom. The molecule has 2 amide bonds. The maximum Gasteiger partial charge on any atom is 0.267 e. The van der Waals surface area contributed by atoms with E-state index in [1.807, 2.05) is 24.3 Å². The van der Waals surface area contributed by atoms with E-state index in [0.717, 1.165) is 16.9 Å². The van der Waals surface area contributed by atoms with Crippen LogP contribution in [0.5, 0.6) is 5.75 Å². The van der Waals surface area contributed by atoms with E-state index in [0.29, 0.717) is 29.9 Å². The highest BCUT2D eigenvalue weighted by molar-refractivity contribution is 6.03. The summed E-state index contributed by atoms with van der Waals surface area (Å²) in [6.07, 6.45) is 0.558. The van der Waals surface area contributed by atoms with Crippen LogP contribution in [0.1, 0.15) is 30.0 Å². The molecule has 3 aromatic rings. The van der Waals surface area contributed by atoms with Gasteiger partial charge < -0.3 is 20.4 Å². The molecule has 29 heavy (non-hydrogen) atoms. The highest BCUT2D eigenvalue weighted by Gasteiger charge is 2.16. The third-order valence-electron chi connectivity index (χ3n) is 4.40. The van der Waals surface area contributed by atoms with Crippen LogP contribution >= 0.6 is 0 Å². The number of ether oxygens (including phenoxy) is 1. The Balaban J connectivity index is 1.58. The highest BCUT2D eigenvalue weighted by Crippen LogP contribution is 2.12. The average molecular weight is 392 g/mol. The van der Waals surface area contributed by atoms with E-state index in [1.54, 1.807) is 45.2 Å². The predicted octanol–water partition coefficient (Wildman–Crippen LogP) is 2.95. The van der Waals surface area contributed by atoms with E-state index in [-0.39, 0.29) is 17.5 Å². The van der Waals surface area contributed by atoms with Crippen molar-refractivity contribution in [2.24, 2.45) is 0 Å². The number of hydrogen-bond acceptors (Lipinski definition) is 4. The van der Waals surface area contributed by atoms with E-state index in [2.05, 4.69) is 20.6 Å². The molecule has 0 atom stereocenters. The Hall–Kier alpha value is -3.61. The second-order valence-corrected chi connectivity index (χ2v) is 6.76. The minimum atomic E-state index is -0.351. The van der Waals surface area contributed by atoms with E-state index >= 15 is 0 Å². The van der Waals surface area contributed by atoms with Gasteiger partial charge in [0.1, 0.15) is 17.3 Å². The predicted molar refractivity (Wildman–Crippen MR) is 112 cm³/mol. The second-order valence-electron chi connectivity index (χ2n) is 6.76. The van der Waals surface area contributed by atoms with Crippen molar-refractivity contribution in [3.05, 3.63) is 71.2 Å². The molecule has 7 heteroatoms. The van der Waals surface area contributed by atoms with E-state index in [9.17, 15) is 9.59 Å². The number of hydrogen-bond donors (Lipinski definition) is 3. The van der Waals surface area contributed by atoms with Gasteiger partial charge in [0.15, 0.2) is 0 Å². The van der Waals surface area contributed by atoms with Crippen molar-refractivity contribution in [3.63, 3.8) is 0 Å². The Labute approximate surface area is 169 Å². The molecule has 0 bridgehead atoms. The summed E-state index contributed by atoms with van der Waals surface area (Å²) in [4.78, 5) is 32.8. The number of fused-ring (bicyclic) bond motifs is 1. The fourth-order valence-electron chi connectivity index (χ4n) is 2.84. The molecule has 150 valence electrons. The first-order valence-electron chi connectivity index (χ1n) is 9.32. The summed E-state index contributed by atoms with van der Waals surface area (Å²) in [6.45, 7) is 3.96. The van der Waals surface area contributed by atoms with Gasteiger partial charge in [-0.2, -0.15) is 0 Å². The third kappa shape index (κ3) is 5.01. The normalized spacial score (nSPS) is 10.4. The van der Waals surface area contributed by atoms with Crippen molar-refractivity contribution in [2.75, 3.05) is 13.7 Å². The van der Waals surface area contributed by atoms with Gasteiger partial charge in [0.25, 0.3) is 11.8 Å². The molecule has 0 fully saturated rings. The Kier molecular flexibility index (Phi) is 6.29. The number of imidazole rings is 1. The summed E-state index contributed by atoms with van der Waals surface area (Å²) in [6, 6.07) is 14.5. The lowest BCUT2D eigenvalue weighted by Gasteiger charge is -2.12. The van der Waals surface area contributed by atoms with Gasteiger partial charge in [-0.25, -0.2) is 4.98 Å². The van der Waals surface area contributed by atoms with Crippen LogP contribution < -0.4 is 15.4 Å². The van der Waals surface area contributed by atoms with Crippen molar-refractivity contribution in [2.45, 2.75) is 20.3 Å². The maximum atomic E-state index is 12.6. The molecule has 1 heterocycles. The van der Waals surface area contributed by atoms with Gasteiger partial charge in [0, 0.05) is 18.5 Å². The van der Waals surface area contributed by atoms with Gasteiger partial charge in [-0.1, -0.05) is 12.1 Å². The zero-order valence-corrected chi connectivity index (χ0v) is 16.7. The Bertz CT molecular complexity index is 1010. The number of aromatic nitrogens is 2. The van der Waals surface area contributed by atoms with Crippen LogP contribution in [0.15, 0.2) is 59.8 Å². The smallest absolute Gasteiger partial charge is 0.267 e. The average Bonchev–Trinajstić information content (AvgIpc) is 3.14. The summed E-state index contributed by atoms with van der Waals surface area (Å²) < 4.78 is 5.09. The summed E-state index contributed by atoms with van der Waals surface area (Å²) in [7, 11) is 1.56. The molecule has 0 radical (unpaired) electrons. The monoisotopic (exact) mass is 392 g/mol. The van der Waals surface area contributed by atoms with Crippen molar-refractivity contribution < 1.29 is 14.3 Å². The number of H-pyrrole nitrogens is 1. The molecule has 0 unspecified atom stereocenters. The fraction of sp³-hybridized carbons (Fsp3) is 0.227. The van der Waals surface area contributed by atoms with Crippen LogP contribution in [0, 0.1) is 0 Å². The van der Waals surface area contributed by atoms with Crippen LogP contribution in [0.3, 0.4) is 0 Å². The van der Waals surface area contributed by atoms with Gasteiger partial charge in [-0.05, 0) is 55.8 Å². The largest absolute Gasteiger partial charge is 0.497 e. The van der Waals surface area contributed by atoms with Gasteiger partial charge >= 0.3 is 0 Å². The third-order valence-corrected chi connectivity index (χ3v) is 4.40. The van der Waals surface area contributed by atoms with Crippen LogP contribution in [-0.4, -0.2) is 35.4 Å². The number of nitrogens with zero attached hydrogens (tertiary/aromatic N) is 1. The summed E-state index contributed by atoms with van der Waals surface area (Å²) in [5.41, 5.74) is 3.26. The molecule has 0 saturated carbocycles. The first kappa shape index (κ1) is 20.1. The number of allylic oxidation sites excluding steroid dienone is 1. The second kappa shape index (κ2) is 9.05. The van der Waals surface area contributed by atoms with Crippen LogP contribution in [-0.2, 0) is 11.2 Å². The topological polar surface area (TPSA) is 96.1 Å². The molecule has 0 aliphatic carbocycles. The van der Waals surface area contributed by atoms with E-state index in [1.165, 1.54) is 0 Å². The quantitative estimate of drug-likeness (QED) is 0.539. The minimum Gasteiger partial charge on any atom is -0.497 e. The van der Waals surface area contributed by atoms with Gasteiger partial charge in [-0.3, -0.25) is 9.59 Å². The molecule has 1 aromatic heterocycles. The number of benzene rings is 2.